The molecule has 1 aromatic rings. The fraction of sp³-hybridized carbons (Fsp3) is 0.429. The van der Waals surface area contributed by atoms with Crippen LogP contribution >= 0.6 is 0 Å². The molecule has 0 radical (unpaired) electrons. The van der Waals surface area contributed by atoms with E-state index < -0.39 is 5.97 Å². The average Bonchev–Trinajstić information content (AvgIpc) is 2.90. The van der Waals surface area contributed by atoms with E-state index in [0.29, 0.717) is 18.1 Å². The molecule has 1 N–H and O–H groups in total. The van der Waals surface area contributed by atoms with E-state index in [1.165, 1.54) is 12.0 Å². The number of fused-ring (bicyclic) bond motifs is 1. The van der Waals surface area contributed by atoms with Gasteiger partial charge >= 0.3 is 5.97 Å². The van der Waals surface area contributed by atoms with E-state index in [0.717, 1.165) is 5.56 Å². The van der Waals surface area contributed by atoms with Crippen LogP contribution in [0.5, 0.6) is 11.5 Å². The minimum Gasteiger partial charge on any atom is -0.480 e. The first-order valence-electron chi connectivity index (χ1n) is 6.47. The van der Waals surface area contributed by atoms with Gasteiger partial charge in [-0.3, -0.25) is 9.59 Å². The number of carbonyl (C=O) groups excluding carboxylic acids is 1. The number of benzene rings is 1. The Kier molecular flexibility index (Phi) is 4.99. The van der Waals surface area contributed by atoms with Gasteiger partial charge in [-0.1, -0.05) is 6.07 Å². The van der Waals surface area contributed by atoms with E-state index in [-0.39, 0.29) is 32.2 Å². The maximum atomic E-state index is 12.2. The molecule has 1 amide bonds. The van der Waals surface area contributed by atoms with Crippen LogP contribution in [0.4, 0.5) is 0 Å². The number of amides is 1. The van der Waals surface area contributed by atoms with Crippen molar-refractivity contribution in [1.29, 1.82) is 0 Å². The number of hydrogen-bond acceptors (Lipinski definition) is 5. The second-order valence-corrected chi connectivity index (χ2v) is 4.57. The molecular formula is C14H17NO6. The van der Waals surface area contributed by atoms with Crippen LogP contribution in [-0.2, 0) is 20.7 Å². The molecule has 7 nitrogen and oxygen atoms in total. The summed E-state index contributed by atoms with van der Waals surface area (Å²) < 4.78 is 15.3. The van der Waals surface area contributed by atoms with Crippen LogP contribution in [0, 0.1) is 0 Å². The highest BCUT2D eigenvalue weighted by Gasteiger charge is 2.19. The maximum Gasteiger partial charge on any atom is 0.323 e. The Bertz CT molecular complexity index is 530. The van der Waals surface area contributed by atoms with E-state index >= 15 is 0 Å². The molecule has 1 heterocycles. The molecule has 0 atom stereocenters. The predicted octanol–water partition coefficient (Wildman–Crippen LogP) is 0.517. The van der Waals surface area contributed by atoms with Gasteiger partial charge in [0.15, 0.2) is 11.5 Å². The Labute approximate surface area is 122 Å². The third-order valence-corrected chi connectivity index (χ3v) is 3.04. The van der Waals surface area contributed by atoms with Crippen molar-refractivity contribution >= 4 is 11.9 Å². The van der Waals surface area contributed by atoms with Gasteiger partial charge in [0.05, 0.1) is 13.0 Å². The number of carboxylic acids is 1. The lowest BCUT2D eigenvalue weighted by molar-refractivity contribution is -0.144. The van der Waals surface area contributed by atoms with Gasteiger partial charge in [-0.15, -0.1) is 0 Å². The van der Waals surface area contributed by atoms with Crippen LogP contribution in [0.3, 0.4) is 0 Å². The minimum atomic E-state index is -1.05. The first kappa shape index (κ1) is 15.1. The SMILES string of the molecule is COCCN(CC(=O)O)C(=O)Cc1ccc2c(c1)OCO2. The third-order valence-electron chi connectivity index (χ3n) is 3.04. The highest BCUT2D eigenvalue weighted by molar-refractivity contribution is 5.83. The van der Waals surface area contributed by atoms with Crippen molar-refractivity contribution in [2.24, 2.45) is 0 Å². The zero-order chi connectivity index (χ0) is 15.2. The number of rotatable bonds is 7. The van der Waals surface area contributed by atoms with Gasteiger partial charge in [0, 0.05) is 13.7 Å². The van der Waals surface area contributed by atoms with Crippen molar-refractivity contribution in [2.75, 3.05) is 33.6 Å². The molecule has 0 bridgehead atoms. The largest absolute Gasteiger partial charge is 0.480 e. The van der Waals surface area contributed by atoms with Crippen molar-refractivity contribution < 1.29 is 28.9 Å². The van der Waals surface area contributed by atoms with E-state index in [2.05, 4.69) is 0 Å². The minimum absolute atomic E-state index is 0.105. The zero-order valence-electron chi connectivity index (χ0n) is 11.7. The standard InChI is InChI=1S/C14H17NO6/c1-19-5-4-15(8-14(17)18)13(16)7-10-2-3-11-12(6-10)21-9-20-11/h2-3,6H,4-5,7-9H2,1H3,(H,17,18). The van der Waals surface area contributed by atoms with Crippen LogP contribution in [0.1, 0.15) is 5.56 Å². The molecule has 0 spiro atoms. The second-order valence-electron chi connectivity index (χ2n) is 4.57. The number of hydrogen-bond donors (Lipinski definition) is 1. The van der Waals surface area contributed by atoms with Crippen LogP contribution in [0.15, 0.2) is 18.2 Å². The topological polar surface area (TPSA) is 85.3 Å². The molecule has 7 heteroatoms. The Balaban J connectivity index is 2.01. The van der Waals surface area contributed by atoms with Crippen LogP contribution in [0.25, 0.3) is 0 Å². The Hall–Kier alpha value is -2.28. The summed E-state index contributed by atoms with van der Waals surface area (Å²) in [6.45, 7) is 0.366. The summed E-state index contributed by atoms with van der Waals surface area (Å²) in [6.07, 6.45) is 0.105. The molecule has 1 aliphatic heterocycles. The highest BCUT2D eigenvalue weighted by atomic mass is 16.7. The van der Waals surface area contributed by atoms with E-state index in [9.17, 15) is 9.59 Å². The number of ether oxygens (including phenoxy) is 3. The Morgan fingerprint density at radius 3 is 2.81 bits per heavy atom. The van der Waals surface area contributed by atoms with Crippen molar-refractivity contribution in [3.8, 4) is 11.5 Å². The van der Waals surface area contributed by atoms with Gasteiger partial charge in [-0.25, -0.2) is 0 Å². The molecule has 1 aromatic carbocycles. The molecule has 0 fully saturated rings. The Morgan fingerprint density at radius 1 is 1.33 bits per heavy atom. The van der Waals surface area contributed by atoms with Crippen LogP contribution < -0.4 is 9.47 Å². The molecule has 2 rings (SSSR count). The monoisotopic (exact) mass is 295 g/mol. The lowest BCUT2D eigenvalue weighted by Gasteiger charge is -2.20. The van der Waals surface area contributed by atoms with Gasteiger partial charge in [0.25, 0.3) is 0 Å². The Morgan fingerprint density at radius 2 is 2.10 bits per heavy atom. The molecule has 0 unspecified atom stereocenters. The van der Waals surface area contributed by atoms with Crippen LogP contribution in [-0.4, -0.2) is 55.5 Å². The summed E-state index contributed by atoms with van der Waals surface area (Å²) in [5, 5.41) is 8.85. The van der Waals surface area contributed by atoms with Gasteiger partial charge in [-0.05, 0) is 17.7 Å². The first-order chi connectivity index (χ1) is 10.1. The first-order valence-corrected chi connectivity index (χ1v) is 6.47. The van der Waals surface area contributed by atoms with Crippen molar-refractivity contribution in [1.82, 2.24) is 4.90 Å². The maximum absolute atomic E-state index is 12.2. The molecule has 114 valence electrons. The predicted molar refractivity (Wildman–Crippen MR) is 72.4 cm³/mol. The lowest BCUT2D eigenvalue weighted by Crippen LogP contribution is -2.38. The molecular weight excluding hydrogens is 278 g/mol. The second kappa shape index (κ2) is 6.94. The normalized spacial score (nSPS) is 12.2. The summed E-state index contributed by atoms with van der Waals surface area (Å²) in [4.78, 5) is 24.3. The van der Waals surface area contributed by atoms with Gasteiger partial charge < -0.3 is 24.2 Å². The summed E-state index contributed by atoms with van der Waals surface area (Å²) in [5.41, 5.74) is 0.747. The summed E-state index contributed by atoms with van der Waals surface area (Å²) in [7, 11) is 1.50. The fourth-order valence-electron chi connectivity index (χ4n) is 1.99. The quantitative estimate of drug-likeness (QED) is 0.789. The van der Waals surface area contributed by atoms with Gasteiger partial charge in [0.2, 0.25) is 12.7 Å². The third kappa shape index (κ3) is 4.09. The van der Waals surface area contributed by atoms with Crippen molar-refractivity contribution in [2.45, 2.75) is 6.42 Å². The highest BCUT2D eigenvalue weighted by Crippen LogP contribution is 2.32. The molecule has 0 aromatic heterocycles. The molecule has 0 saturated carbocycles. The lowest BCUT2D eigenvalue weighted by atomic mass is 10.1. The number of aliphatic carboxylic acids is 1. The number of nitrogens with zero attached hydrogens (tertiary/aromatic N) is 1. The summed E-state index contributed by atoms with van der Waals surface area (Å²) in [6, 6.07) is 5.23. The van der Waals surface area contributed by atoms with Crippen molar-refractivity contribution in [3.05, 3.63) is 23.8 Å². The smallest absolute Gasteiger partial charge is 0.323 e. The van der Waals surface area contributed by atoms with Crippen molar-refractivity contribution in [3.63, 3.8) is 0 Å². The summed E-state index contributed by atoms with van der Waals surface area (Å²) in [5.74, 6) is -0.0756. The molecule has 0 saturated heterocycles. The molecule has 0 aliphatic carbocycles. The fourth-order valence-corrected chi connectivity index (χ4v) is 1.99. The van der Waals surface area contributed by atoms with E-state index in [4.69, 9.17) is 19.3 Å². The number of carboxylic acid groups (broad SMARTS) is 1. The number of methoxy groups -OCH3 is 1. The molecule has 1 aliphatic rings. The number of carbonyl (C=O) groups is 2. The van der Waals surface area contributed by atoms with E-state index in [1.807, 2.05) is 0 Å². The van der Waals surface area contributed by atoms with Crippen LogP contribution in [0.2, 0.25) is 0 Å². The van der Waals surface area contributed by atoms with E-state index in [1.54, 1.807) is 18.2 Å². The van der Waals surface area contributed by atoms with Gasteiger partial charge in [0.1, 0.15) is 6.54 Å². The van der Waals surface area contributed by atoms with Gasteiger partial charge in [-0.2, -0.15) is 0 Å². The average molecular weight is 295 g/mol. The zero-order valence-corrected chi connectivity index (χ0v) is 11.7. The molecule has 21 heavy (non-hydrogen) atoms. The summed E-state index contributed by atoms with van der Waals surface area (Å²) >= 11 is 0.